The smallest absolute Gasteiger partial charge is 0 e. The fourth-order valence-corrected chi connectivity index (χ4v) is 0.952. The second-order valence-corrected chi connectivity index (χ2v) is 2.40. The molecule has 0 saturated carbocycles. The summed E-state index contributed by atoms with van der Waals surface area (Å²) in [6.45, 7) is 6.41. The first-order valence-corrected chi connectivity index (χ1v) is 2.90. The molecule has 0 spiro atoms. The van der Waals surface area contributed by atoms with Crippen LogP contribution < -0.4 is 24.8 Å². The van der Waals surface area contributed by atoms with E-state index in [1.807, 2.05) is 0 Å². The van der Waals surface area contributed by atoms with Crippen LogP contribution in [-0.2, 0) is 25.8 Å². The molecular weight excluding hydrogens is 345 g/mol. The van der Waals surface area contributed by atoms with Crippen molar-refractivity contribution >= 4 is 0 Å². The van der Waals surface area contributed by atoms with Crippen LogP contribution in [0.2, 0.25) is 0 Å². The summed E-state index contributed by atoms with van der Waals surface area (Å²) in [5.41, 5.74) is 4.19. The van der Waals surface area contributed by atoms with Crippen LogP contribution in [0.3, 0.4) is 0 Å². The zero-order valence-corrected chi connectivity index (χ0v) is 12.0. The minimum atomic E-state index is 0. The van der Waals surface area contributed by atoms with E-state index in [0.29, 0.717) is 0 Å². The molecule has 3 heteroatoms. The molecule has 0 aliphatic carbocycles. The molecule has 1 aromatic carbocycles. The third-order valence-corrected chi connectivity index (χ3v) is 1.51. The molecular formula is C8H11Cl2Hf-3. The van der Waals surface area contributed by atoms with Crippen LogP contribution in [-0.4, -0.2) is 0 Å². The van der Waals surface area contributed by atoms with Gasteiger partial charge in [-0.1, -0.05) is 20.8 Å². The fraction of sp³-hybridized carbons (Fsp3) is 0.375. The van der Waals surface area contributed by atoms with Crippen LogP contribution in [0, 0.1) is 20.8 Å². The van der Waals surface area contributed by atoms with Gasteiger partial charge in [0.2, 0.25) is 0 Å². The Labute approximate surface area is 99.7 Å². The molecule has 0 N–H and O–H groups in total. The number of aryl methyl sites for hydroxylation is 3. The minimum absolute atomic E-state index is 0. The summed E-state index contributed by atoms with van der Waals surface area (Å²) in [4.78, 5) is 0. The van der Waals surface area contributed by atoms with E-state index in [0.717, 1.165) is 0 Å². The maximum absolute atomic E-state index is 2.20. The third-order valence-electron chi connectivity index (χ3n) is 1.51. The topological polar surface area (TPSA) is 0 Å². The number of hydrogen-bond donors (Lipinski definition) is 0. The van der Waals surface area contributed by atoms with E-state index < -0.39 is 0 Å². The summed E-state index contributed by atoms with van der Waals surface area (Å²) in [5.74, 6) is 0. The molecule has 0 amide bonds. The molecule has 0 aliphatic rings. The summed E-state index contributed by atoms with van der Waals surface area (Å²) in [7, 11) is 0. The predicted molar refractivity (Wildman–Crippen MR) is 36.2 cm³/mol. The molecule has 0 atom stereocenters. The van der Waals surface area contributed by atoms with Crippen molar-refractivity contribution in [3.05, 3.63) is 28.8 Å². The molecule has 64 valence electrons. The molecule has 0 aliphatic heterocycles. The van der Waals surface area contributed by atoms with E-state index in [1.54, 1.807) is 0 Å². The van der Waals surface area contributed by atoms with Crippen LogP contribution in [0.5, 0.6) is 0 Å². The maximum Gasteiger partial charge on any atom is 0 e. The second kappa shape index (κ2) is 7.45. The Hall–Kier alpha value is 0.800. The minimum Gasteiger partial charge on any atom is -1.00 e. The van der Waals surface area contributed by atoms with Crippen molar-refractivity contribution in [1.82, 2.24) is 0 Å². The predicted octanol–water partition coefficient (Wildman–Crippen LogP) is -3.66. The molecule has 0 saturated heterocycles. The van der Waals surface area contributed by atoms with E-state index >= 15 is 0 Å². The summed E-state index contributed by atoms with van der Waals surface area (Å²) in [5, 5.41) is 0. The summed E-state index contributed by atoms with van der Waals surface area (Å²) < 4.78 is 0. The fourth-order valence-electron chi connectivity index (χ4n) is 0.952. The van der Waals surface area contributed by atoms with E-state index in [-0.39, 0.29) is 50.7 Å². The Morgan fingerprint density at radius 1 is 1.09 bits per heavy atom. The molecule has 1 aromatic rings. The summed E-state index contributed by atoms with van der Waals surface area (Å²) in [6, 6.07) is 4.41. The second-order valence-electron chi connectivity index (χ2n) is 2.40. The van der Waals surface area contributed by atoms with Gasteiger partial charge in [0.1, 0.15) is 0 Å². The first-order chi connectivity index (χ1) is 3.70. The normalized spacial score (nSPS) is 7.18. The number of rotatable bonds is 0. The Balaban J connectivity index is -0.000000213. The monoisotopic (exact) mass is 357 g/mol. The van der Waals surface area contributed by atoms with Gasteiger partial charge in [-0.3, -0.25) is 0 Å². The molecule has 0 aromatic heterocycles. The van der Waals surface area contributed by atoms with Gasteiger partial charge >= 0.3 is 0 Å². The average molecular weight is 357 g/mol. The van der Waals surface area contributed by atoms with Crippen LogP contribution >= 0.6 is 0 Å². The van der Waals surface area contributed by atoms with Gasteiger partial charge in [-0.15, -0.1) is 0 Å². The Morgan fingerprint density at radius 3 is 1.64 bits per heavy atom. The largest absolute Gasteiger partial charge is 1.00 e. The quantitative estimate of drug-likeness (QED) is 0.332. The van der Waals surface area contributed by atoms with Crippen LogP contribution in [0.25, 0.3) is 0 Å². The molecule has 0 bridgehead atoms. The van der Waals surface area contributed by atoms with Gasteiger partial charge in [0.25, 0.3) is 0 Å². The van der Waals surface area contributed by atoms with E-state index in [2.05, 4.69) is 32.9 Å². The van der Waals surface area contributed by atoms with Crippen molar-refractivity contribution in [2.45, 2.75) is 20.8 Å². The van der Waals surface area contributed by atoms with Crippen molar-refractivity contribution in [1.29, 1.82) is 0 Å². The molecule has 0 nitrogen and oxygen atoms in total. The van der Waals surface area contributed by atoms with Crippen molar-refractivity contribution < 1.29 is 50.7 Å². The van der Waals surface area contributed by atoms with Gasteiger partial charge in [0.05, 0.1) is 0 Å². The Kier molecular flexibility index (Phi) is 12.0. The average Bonchev–Trinajstić information content (AvgIpc) is 1.85. The van der Waals surface area contributed by atoms with Gasteiger partial charge in [0, 0.05) is 25.8 Å². The maximum atomic E-state index is 2.20. The zero-order chi connectivity index (χ0) is 6.15. The van der Waals surface area contributed by atoms with Crippen LogP contribution in [0.4, 0.5) is 0 Å². The van der Waals surface area contributed by atoms with Gasteiger partial charge in [0.15, 0.2) is 0 Å². The summed E-state index contributed by atoms with van der Waals surface area (Å²) in [6.07, 6.45) is 0. The van der Waals surface area contributed by atoms with E-state index in [1.165, 1.54) is 16.7 Å². The molecule has 11 heavy (non-hydrogen) atoms. The molecule has 0 unspecified atom stereocenters. The SMILES string of the molecule is Cc1cc(C)c(C)[cH-]1.[Cl-].[Cl-].[Hf]. The Morgan fingerprint density at radius 2 is 1.55 bits per heavy atom. The summed E-state index contributed by atoms with van der Waals surface area (Å²) >= 11 is 0. The number of halogens is 2. The van der Waals surface area contributed by atoms with Crippen LogP contribution in [0.1, 0.15) is 16.7 Å². The Bertz CT molecular complexity index is 174. The van der Waals surface area contributed by atoms with E-state index in [4.69, 9.17) is 0 Å². The van der Waals surface area contributed by atoms with Crippen molar-refractivity contribution in [3.8, 4) is 0 Å². The van der Waals surface area contributed by atoms with Crippen molar-refractivity contribution in [3.63, 3.8) is 0 Å². The van der Waals surface area contributed by atoms with Crippen molar-refractivity contribution in [2.75, 3.05) is 0 Å². The van der Waals surface area contributed by atoms with Crippen LogP contribution in [0.15, 0.2) is 12.1 Å². The van der Waals surface area contributed by atoms with Gasteiger partial charge in [-0.05, 0) is 0 Å². The molecule has 1 rings (SSSR count). The first kappa shape index (κ1) is 17.8. The first-order valence-electron chi connectivity index (χ1n) is 2.90. The molecule has 0 fully saturated rings. The van der Waals surface area contributed by atoms with Crippen molar-refractivity contribution in [2.24, 2.45) is 0 Å². The zero-order valence-electron chi connectivity index (χ0n) is 6.91. The number of hydrogen-bond acceptors (Lipinski definition) is 0. The standard InChI is InChI=1S/C8H11.2ClH.Hf/c1-6-4-7(2)8(3)5-6;;;/h4-5H,1-3H3;2*1H;/q-1;;;/p-2. The van der Waals surface area contributed by atoms with Gasteiger partial charge < -0.3 is 24.8 Å². The molecule has 0 heterocycles. The van der Waals surface area contributed by atoms with Gasteiger partial charge in [-0.2, -0.15) is 22.8 Å². The van der Waals surface area contributed by atoms with Gasteiger partial charge in [-0.25, -0.2) is 6.07 Å². The molecule has 0 radical (unpaired) electrons. The van der Waals surface area contributed by atoms with E-state index in [9.17, 15) is 0 Å². The third kappa shape index (κ3) is 5.10.